The molecule has 2 rings (SSSR count). The second-order valence-electron chi connectivity index (χ2n) is 3.56. The van der Waals surface area contributed by atoms with E-state index in [1.54, 1.807) is 0 Å². The third kappa shape index (κ3) is 2.28. The van der Waals surface area contributed by atoms with Crippen molar-refractivity contribution in [3.8, 4) is 6.07 Å². The number of nitriles is 1. The summed E-state index contributed by atoms with van der Waals surface area (Å²) in [6.07, 6.45) is 0.480. The average molecular weight is 202 g/mol. The van der Waals surface area contributed by atoms with Crippen LogP contribution >= 0.6 is 0 Å². The van der Waals surface area contributed by atoms with Gasteiger partial charge >= 0.3 is 0 Å². The van der Waals surface area contributed by atoms with Crippen molar-refractivity contribution < 1.29 is 4.74 Å². The van der Waals surface area contributed by atoms with Crippen LogP contribution in [0.15, 0.2) is 24.3 Å². The zero-order valence-electron chi connectivity index (χ0n) is 8.65. The molecule has 1 saturated heterocycles. The lowest BCUT2D eigenvalue weighted by atomic mass is 10.1. The molecule has 1 heterocycles. The zero-order valence-corrected chi connectivity index (χ0v) is 8.65. The van der Waals surface area contributed by atoms with Crippen LogP contribution in [0.2, 0.25) is 0 Å². The van der Waals surface area contributed by atoms with E-state index in [4.69, 9.17) is 10.00 Å². The number of morpholine rings is 1. The number of benzene rings is 1. The Kier molecular flexibility index (Phi) is 3.21. The van der Waals surface area contributed by atoms with Gasteiger partial charge in [0, 0.05) is 18.8 Å². The van der Waals surface area contributed by atoms with E-state index in [1.165, 1.54) is 5.69 Å². The Morgan fingerprint density at radius 1 is 1.27 bits per heavy atom. The van der Waals surface area contributed by atoms with Gasteiger partial charge in [0.05, 0.1) is 25.7 Å². The van der Waals surface area contributed by atoms with E-state index < -0.39 is 0 Å². The highest BCUT2D eigenvalue weighted by Crippen LogP contribution is 2.21. The normalized spacial score (nSPS) is 16.1. The van der Waals surface area contributed by atoms with Gasteiger partial charge in [0.15, 0.2) is 0 Å². The molecule has 1 fully saturated rings. The molecular formula is C12H14N2O. The second-order valence-corrected chi connectivity index (χ2v) is 3.56. The first kappa shape index (κ1) is 10.0. The minimum atomic E-state index is 0.480. The highest BCUT2D eigenvalue weighted by atomic mass is 16.5. The molecule has 1 aliphatic heterocycles. The van der Waals surface area contributed by atoms with Crippen molar-refractivity contribution in [3.05, 3.63) is 29.8 Å². The van der Waals surface area contributed by atoms with E-state index >= 15 is 0 Å². The molecule has 3 nitrogen and oxygen atoms in total. The van der Waals surface area contributed by atoms with Crippen molar-refractivity contribution in [1.29, 1.82) is 5.26 Å². The zero-order chi connectivity index (χ0) is 10.5. The smallest absolute Gasteiger partial charge is 0.0670 e. The SMILES string of the molecule is N#CCc1ccccc1N1CCOCC1. The summed E-state index contributed by atoms with van der Waals surface area (Å²) in [7, 11) is 0. The highest BCUT2D eigenvalue weighted by molar-refractivity contribution is 5.54. The van der Waals surface area contributed by atoms with Crippen molar-refractivity contribution >= 4 is 5.69 Å². The van der Waals surface area contributed by atoms with Gasteiger partial charge < -0.3 is 9.64 Å². The van der Waals surface area contributed by atoms with Gasteiger partial charge in [-0.05, 0) is 11.6 Å². The minimum Gasteiger partial charge on any atom is -0.378 e. The third-order valence-corrected chi connectivity index (χ3v) is 2.61. The molecule has 0 unspecified atom stereocenters. The van der Waals surface area contributed by atoms with Crippen LogP contribution in [-0.2, 0) is 11.2 Å². The van der Waals surface area contributed by atoms with Crippen LogP contribution in [0.5, 0.6) is 0 Å². The molecule has 0 saturated carbocycles. The Hall–Kier alpha value is -1.53. The fourth-order valence-electron chi connectivity index (χ4n) is 1.86. The van der Waals surface area contributed by atoms with E-state index in [0.29, 0.717) is 6.42 Å². The predicted octanol–water partition coefficient (Wildman–Crippen LogP) is 1.59. The summed E-state index contributed by atoms with van der Waals surface area (Å²) in [6, 6.07) is 10.3. The van der Waals surface area contributed by atoms with Crippen LogP contribution in [-0.4, -0.2) is 26.3 Å². The van der Waals surface area contributed by atoms with Gasteiger partial charge in [0.25, 0.3) is 0 Å². The predicted molar refractivity (Wildman–Crippen MR) is 58.8 cm³/mol. The first-order valence-corrected chi connectivity index (χ1v) is 5.19. The van der Waals surface area contributed by atoms with Gasteiger partial charge in [-0.15, -0.1) is 0 Å². The molecule has 0 aliphatic carbocycles. The third-order valence-electron chi connectivity index (χ3n) is 2.61. The number of ether oxygens (including phenoxy) is 1. The van der Waals surface area contributed by atoms with Gasteiger partial charge in [0.1, 0.15) is 0 Å². The maximum Gasteiger partial charge on any atom is 0.0670 e. The quantitative estimate of drug-likeness (QED) is 0.730. The van der Waals surface area contributed by atoms with Crippen LogP contribution in [0.3, 0.4) is 0 Å². The summed E-state index contributed by atoms with van der Waals surface area (Å²) in [5, 5.41) is 8.75. The van der Waals surface area contributed by atoms with Crippen molar-refractivity contribution in [3.63, 3.8) is 0 Å². The fraction of sp³-hybridized carbons (Fsp3) is 0.417. The number of nitrogens with zero attached hydrogens (tertiary/aromatic N) is 2. The van der Waals surface area contributed by atoms with Gasteiger partial charge in [-0.25, -0.2) is 0 Å². The van der Waals surface area contributed by atoms with Crippen LogP contribution < -0.4 is 4.90 Å². The summed E-state index contributed by atoms with van der Waals surface area (Å²) >= 11 is 0. The van der Waals surface area contributed by atoms with Crippen LogP contribution in [0.4, 0.5) is 5.69 Å². The van der Waals surface area contributed by atoms with Gasteiger partial charge in [-0.2, -0.15) is 5.26 Å². The number of rotatable bonds is 2. The molecule has 0 spiro atoms. The average Bonchev–Trinajstić information content (AvgIpc) is 2.31. The number of hydrogen-bond acceptors (Lipinski definition) is 3. The van der Waals surface area contributed by atoms with E-state index in [2.05, 4.69) is 17.0 Å². The largest absolute Gasteiger partial charge is 0.378 e. The minimum absolute atomic E-state index is 0.480. The molecule has 1 aromatic rings. The van der Waals surface area contributed by atoms with Gasteiger partial charge in [0.2, 0.25) is 0 Å². The van der Waals surface area contributed by atoms with Gasteiger partial charge in [-0.3, -0.25) is 0 Å². The molecule has 0 aromatic heterocycles. The molecular weight excluding hydrogens is 188 g/mol. The molecule has 3 heteroatoms. The summed E-state index contributed by atoms with van der Waals surface area (Å²) in [5.74, 6) is 0. The van der Waals surface area contributed by atoms with Crippen molar-refractivity contribution in [2.75, 3.05) is 31.2 Å². The van der Waals surface area contributed by atoms with Crippen LogP contribution in [0.1, 0.15) is 5.56 Å². The van der Waals surface area contributed by atoms with Crippen LogP contribution in [0.25, 0.3) is 0 Å². The molecule has 0 atom stereocenters. The lowest BCUT2D eigenvalue weighted by Crippen LogP contribution is -2.36. The molecule has 15 heavy (non-hydrogen) atoms. The van der Waals surface area contributed by atoms with E-state index in [1.807, 2.05) is 18.2 Å². The standard InChI is InChI=1S/C12H14N2O/c13-6-5-11-3-1-2-4-12(11)14-7-9-15-10-8-14/h1-4H,5,7-10H2. The van der Waals surface area contributed by atoms with E-state index in [9.17, 15) is 0 Å². The Morgan fingerprint density at radius 2 is 2.00 bits per heavy atom. The molecule has 1 aromatic carbocycles. The number of para-hydroxylation sites is 1. The molecule has 78 valence electrons. The monoisotopic (exact) mass is 202 g/mol. The molecule has 0 bridgehead atoms. The Morgan fingerprint density at radius 3 is 2.73 bits per heavy atom. The topological polar surface area (TPSA) is 36.3 Å². The highest BCUT2D eigenvalue weighted by Gasteiger charge is 2.13. The van der Waals surface area contributed by atoms with Crippen molar-refractivity contribution in [2.45, 2.75) is 6.42 Å². The van der Waals surface area contributed by atoms with Gasteiger partial charge in [-0.1, -0.05) is 18.2 Å². The fourth-order valence-corrected chi connectivity index (χ4v) is 1.86. The Bertz CT molecular complexity index is 364. The summed E-state index contributed by atoms with van der Waals surface area (Å²) in [4.78, 5) is 2.29. The first-order chi connectivity index (χ1) is 7.42. The van der Waals surface area contributed by atoms with Crippen molar-refractivity contribution in [1.82, 2.24) is 0 Å². The summed E-state index contributed by atoms with van der Waals surface area (Å²) < 4.78 is 5.31. The molecule has 0 N–H and O–H groups in total. The summed E-state index contributed by atoms with van der Waals surface area (Å²) in [5.41, 5.74) is 2.30. The Balaban J connectivity index is 2.21. The maximum absolute atomic E-state index is 8.75. The molecule has 0 amide bonds. The molecule has 0 radical (unpaired) electrons. The first-order valence-electron chi connectivity index (χ1n) is 5.19. The van der Waals surface area contributed by atoms with E-state index in [-0.39, 0.29) is 0 Å². The maximum atomic E-state index is 8.75. The second kappa shape index (κ2) is 4.81. The van der Waals surface area contributed by atoms with Crippen LogP contribution in [0, 0.1) is 11.3 Å². The molecule has 1 aliphatic rings. The lowest BCUT2D eigenvalue weighted by molar-refractivity contribution is 0.122. The lowest BCUT2D eigenvalue weighted by Gasteiger charge is -2.30. The summed E-state index contributed by atoms with van der Waals surface area (Å²) in [6.45, 7) is 3.40. The van der Waals surface area contributed by atoms with E-state index in [0.717, 1.165) is 31.9 Å². The van der Waals surface area contributed by atoms with Crippen molar-refractivity contribution in [2.24, 2.45) is 0 Å². The number of hydrogen-bond donors (Lipinski definition) is 0. The Labute approximate surface area is 89.9 Å². The number of anilines is 1.